The SMILES string of the molecule is CC(C)[C@@H]1NC(=O)CC[C@@H](C(=O)O)NC(=O)c2ccccc2OCCN(C)C1=O. The second-order valence-electron chi connectivity index (χ2n) is 7.30. The molecule has 158 valence electrons. The number of aliphatic carboxylic acids is 1. The summed E-state index contributed by atoms with van der Waals surface area (Å²) in [6.45, 7) is 4.02. The van der Waals surface area contributed by atoms with Crippen LogP contribution in [0, 0.1) is 5.92 Å². The molecule has 9 nitrogen and oxygen atoms in total. The van der Waals surface area contributed by atoms with Gasteiger partial charge in [0.15, 0.2) is 0 Å². The number of carbonyl (C=O) groups is 4. The van der Waals surface area contributed by atoms with Crippen molar-refractivity contribution in [1.82, 2.24) is 15.5 Å². The summed E-state index contributed by atoms with van der Waals surface area (Å²) in [6, 6.07) is 4.48. The van der Waals surface area contributed by atoms with E-state index in [2.05, 4.69) is 10.6 Å². The van der Waals surface area contributed by atoms with Crippen LogP contribution in [-0.4, -0.2) is 66.0 Å². The summed E-state index contributed by atoms with van der Waals surface area (Å²) < 4.78 is 5.68. The fraction of sp³-hybridized carbons (Fsp3) is 0.500. The average Bonchev–Trinajstić information content (AvgIpc) is 2.67. The van der Waals surface area contributed by atoms with Gasteiger partial charge in [0.25, 0.3) is 5.91 Å². The van der Waals surface area contributed by atoms with Gasteiger partial charge < -0.3 is 25.4 Å². The first-order valence-corrected chi connectivity index (χ1v) is 9.50. The van der Waals surface area contributed by atoms with Crippen molar-refractivity contribution in [2.45, 2.75) is 38.8 Å². The number of benzene rings is 1. The largest absolute Gasteiger partial charge is 0.491 e. The lowest BCUT2D eigenvalue weighted by atomic mass is 10.0. The fourth-order valence-electron chi connectivity index (χ4n) is 2.95. The lowest BCUT2D eigenvalue weighted by molar-refractivity contribution is -0.140. The van der Waals surface area contributed by atoms with Gasteiger partial charge in [-0.3, -0.25) is 14.4 Å². The molecule has 1 aliphatic rings. The highest BCUT2D eigenvalue weighted by atomic mass is 16.5. The number of carboxylic acid groups (broad SMARTS) is 1. The Bertz CT molecular complexity index is 779. The molecule has 1 aromatic rings. The summed E-state index contributed by atoms with van der Waals surface area (Å²) in [7, 11) is 1.62. The van der Waals surface area contributed by atoms with Gasteiger partial charge in [0.05, 0.1) is 12.1 Å². The number of ether oxygens (including phenoxy) is 1. The molecule has 0 aromatic heterocycles. The molecule has 1 aromatic carbocycles. The van der Waals surface area contributed by atoms with Gasteiger partial charge in [0.2, 0.25) is 11.8 Å². The summed E-state index contributed by atoms with van der Waals surface area (Å²) in [5, 5.41) is 14.5. The van der Waals surface area contributed by atoms with Crippen LogP contribution in [0.15, 0.2) is 24.3 Å². The maximum atomic E-state index is 12.7. The molecule has 0 aliphatic carbocycles. The predicted molar refractivity (Wildman–Crippen MR) is 104 cm³/mol. The van der Waals surface area contributed by atoms with E-state index in [9.17, 15) is 24.3 Å². The zero-order valence-electron chi connectivity index (χ0n) is 16.8. The number of carboxylic acids is 1. The Balaban J connectivity index is 2.32. The number of nitrogens with one attached hydrogen (secondary N) is 2. The van der Waals surface area contributed by atoms with Crippen LogP contribution >= 0.6 is 0 Å². The minimum absolute atomic E-state index is 0.106. The van der Waals surface area contributed by atoms with E-state index in [0.29, 0.717) is 5.75 Å². The van der Waals surface area contributed by atoms with Crippen molar-refractivity contribution in [3.05, 3.63) is 29.8 Å². The van der Waals surface area contributed by atoms with Crippen LogP contribution < -0.4 is 15.4 Å². The third-order valence-corrected chi connectivity index (χ3v) is 4.70. The van der Waals surface area contributed by atoms with E-state index in [0.717, 1.165) is 0 Å². The topological polar surface area (TPSA) is 125 Å². The lowest BCUT2D eigenvalue weighted by Crippen LogP contribution is -2.51. The van der Waals surface area contributed by atoms with Gasteiger partial charge in [-0.2, -0.15) is 0 Å². The average molecular weight is 405 g/mol. The van der Waals surface area contributed by atoms with Gasteiger partial charge in [-0.25, -0.2) is 4.79 Å². The molecule has 0 spiro atoms. The van der Waals surface area contributed by atoms with E-state index in [1.165, 1.54) is 11.0 Å². The molecule has 0 radical (unpaired) electrons. The minimum Gasteiger partial charge on any atom is -0.491 e. The monoisotopic (exact) mass is 405 g/mol. The Morgan fingerprint density at radius 2 is 1.90 bits per heavy atom. The summed E-state index contributed by atoms with van der Waals surface area (Å²) in [5.41, 5.74) is 0.187. The number of rotatable bonds is 2. The first-order chi connectivity index (χ1) is 13.7. The van der Waals surface area contributed by atoms with Crippen LogP contribution in [0.4, 0.5) is 0 Å². The summed E-state index contributed by atoms with van der Waals surface area (Å²) in [4.78, 5) is 50.6. The number of fused-ring (bicyclic) bond motifs is 1. The smallest absolute Gasteiger partial charge is 0.326 e. The fourth-order valence-corrected chi connectivity index (χ4v) is 2.95. The molecule has 2 atom stereocenters. The van der Waals surface area contributed by atoms with Crippen molar-refractivity contribution in [3.63, 3.8) is 0 Å². The molecule has 0 fully saturated rings. The van der Waals surface area contributed by atoms with E-state index < -0.39 is 29.9 Å². The van der Waals surface area contributed by atoms with Crippen molar-refractivity contribution in [2.24, 2.45) is 5.92 Å². The Hall–Kier alpha value is -3.10. The van der Waals surface area contributed by atoms with E-state index in [1.807, 2.05) is 13.8 Å². The summed E-state index contributed by atoms with van der Waals surface area (Å²) in [6.07, 6.45) is -0.250. The van der Waals surface area contributed by atoms with E-state index in [1.54, 1.807) is 25.2 Å². The van der Waals surface area contributed by atoms with Crippen molar-refractivity contribution < 1.29 is 29.0 Å². The number of amides is 3. The van der Waals surface area contributed by atoms with Gasteiger partial charge in [0, 0.05) is 13.5 Å². The Labute approximate surface area is 169 Å². The van der Waals surface area contributed by atoms with E-state index in [4.69, 9.17) is 4.74 Å². The number of nitrogens with zero attached hydrogens (tertiary/aromatic N) is 1. The second-order valence-corrected chi connectivity index (χ2v) is 7.30. The van der Waals surface area contributed by atoms with E-state index >= 15 is 0 Å². The van der Waals surface area contributed by atoms with Crippen LogP contribution in [0.25, 0.3) is 0 Å². The Morgan fingerprint density at radius 1 is 1.21 bits per heavy atom. The first-order valence-electron chi connectivity index (χ1n) is 9.50. The lowest BCUT2D eigenvalue weighted by Gasteiger charge is -2.27. The summed E-state index contributed by atoms with van der Waals surface area (Å²) >= 11 is 0. The molecule has 0 bridgehead atoms. The number of hydrogen-bond donors (Lipinski definition) is 3. The standard InChI is InChI=1S/C20H27N3O6/c1-12(2)17-19(26)23(3)10-11-29-15-7-5-4-6-13(15)18(25)21-14(20(27)28)8-9-16(24)22-17/h4-7,12,14,17H,8-11H2,1-3H3,(H,21,25)(H,22,24)(H,27,28)/t14-,17-/m0/s1. The molecule has 3 amide bonds. The number of hydrogen-bond acceptors (Lipinski definition) is 5. The zero-order chi connectivity index (χ0) is 21.6. The zero-order valence-corrected chi connectivity index (χ0v) is 16.8. The molecular formula is C20H27N3O6. The molecule has 1 aliphatic heterocycles. The van der Waals surface area contributed by atoms with E-state index in [-0.39, 0.29) is 43.4 Å². The Morgan fingerprint density at radius 3 is 2.55 bits per heavy atom. The van der Waals surface area contributed by atoms with Crippen molar-refractivity contribution in [3.8, 4) is 5.75 Å². The second kappa shape index (κ2) is 9.90. The number of para-hydroxylation sites is 1. The minimum atomic E-state index is -1.25. The third kappa shape index (κ3) is 5.94. The molecule has 0 saturated carbocycles. The van der Waals surface area contributed by atoms with Gasteiger partial charge in [0.1, 0.15) is 24.4 Å². The van der Waals surface area contributed by atoms with Crippen LogP contribution in [-0.2, 0) is 14.4 Å². The van der Waals surface area contributed by atoms with Gasteiger partial charge in [-0.1, -0.05) is 26.0 Å². The normalized spacial score (nSPS) is 21.9. The summed E-state index contributed by atoms with van der Waals surface area (Å²) in [5.74, 6) is -2.42. The number of carbonyl (C=O) groups excluding carboxylic acids is 3. The first kappa shape index (κ1) is 22.2. The van der Waals surface area contributed by atoms with Crippen molar-refractivity contribution >= 4 is 23.7 Å². The molecular weight excluding hydrogens is 378 g/mol. The molecule has 1 heterocycles. The molecule has 3 N–H and O–H groups in total. The maximum absolute atomic E-state index is 12.7. The van der Waals surface area contributed by atoms with Gasteiger partial charge in [-0.05, 0) is 24.5 Å². The van der Waals surface area contributed by atoms with Crippen LogP contribution in [0.1, 0.15) is 37.0 Å². The van der Waals surface area contributed by atoms with Crippen LogP contribution in [0.5, 0.6) is 5.75 Å². The van der Waals surface area contributed by atoms with Crippen molar-refractivity contribution in [1.29, 1.82) is 0 Å². The highest BCUT2D eigenvalue weighted by Crippen LogP contribution is 2.19. The predicted octanol–water partition coefficient (Wildman–Crippen LogP) is 0.641. The van der Waals surface area contributed by atoms with Gasteiger partial charge >= 0.3 is 5.97 Å². The highest BCUT2D eigenvalue weighted by molar-refractivity contribution is 5.99. The molecule has 9 heteroatoms. The van der Waals surface area contributed by atoms with Crippen LogP contribution in [0.3, 0.4) is 0 Å². The molecule has 29 heavy (non-hydrogen) atoms. The van der Waals surface area contributed by atoms with Crippen LogP contribution in [0.2, 0.25) is 0 Å². The molecule has 0 saturated heterocycles. The number of likely N-dealkylation sites (N-methyl/N-ethyl adjacent to an activating group) is 1. The Kier molecular flexibility index (Phi) is 7.58. The third-order valence-electron chi connectivity index (χ3n) is 4.70. The molecule has 2 rings (SSSR count). The van der Waals surface area contributed by atoms with Gasteiger partial charge in [-0.15, -0.1) is 0 Å². The highest BCUT2D eigenvalue weighted by Gasteiger charge is 2.29. The quantitative estimate of drug-likeness (QED) is 0.663. The molecule has 0 unspecified atom stereocenters. The maximum Gasteiger partial charge on any atom is 0.326 e. The van der Waals surface area contributed by atoms with Crippen molar-refractivity contribution in [2.75, 3.05) is 20.2 Å².